The summed E-state index contributed by atoms with van der Waals surface area (Å²) >= 11 is 5.99. The molecule has 126 valence electrons. The lowest BCUT2D eigenvalue weighted by Crippen LogP contribution is -2.32. The summed E-state index contributed by atoms with van der Waals surface area (Å²) < 4.78 is 13.4. The molecule has 0 radical (unpaired) electrons. The van der Waals surface area contributed by atoms with E-state index in [-0.39, 0.29) is 25.3 Å². The number of hydrogen-bond acceptors (Lipinski definition) is 2. The van der Waals surface area contributed by atoms with Crippen molar-refractivity contribution in [3.05, 3.63) is 70.5 Å². The van der Waals surface area contributed by atoms with E-state index in [1.165, 1.54) is 6.07 Å². The van der Waals surface area contributed by atoms with Gasteiger partial charge in [-0.15, -0.1) is 0 Å². The average molecular weight is 349 g/mol. The Morgan fingerprint density at radius 3 is 2.25 bits per heavy atom. The minimum atomic E-state index is -0.400. The van der Waals surface area contributed by atoms with Gasteiger partial charge in [-0.1, -0.05) is 48.0 Å². The van der Waals surface area contributed by atoms with Gasteiger partial charge in [0.1, 0.15) is 12.2 Å². The summed E-state index contributed by atoms with van der Waals surface area (Å²) in [5, 5.41) is 5.81. The molecule has 6 heteroatoms. The molecule has 0 atom stereocenters. The summed E-state index contributed by atoms with van der Waals surface area (Å²) in [5.41, 5.74) is 1.31. The molecule has 4 nitrogen and oxygen atoms in total. The lowest BCUT2D eigenvalue weighted by molar-refractivity contribution is -0.129. The first-order valence-electron chi connectivity index (χ1n) is 7.56. The molecule has 0 bridgehead atoms. The summed E-state index contributed by atoms with van der Waals surface area (Å²) in [6, 6.07) is 13.6. The summed E-state index contributed by atoms with van der Waals surface area (Å²) in [7, 11) is 0. The maximum Gasteiger partial charge on any atom is 0.229 e. The molecule has 0 spiro atoms. The highest BCUT2D eigenvalue weighted by molar-refractivity contribution is 6.31. The summed E-state index contributed by atoms with van der Waals surface area (Å²) in [4.78, 5) is 23.5. The molecule has 2 N–H and O–H groups in total. The lowest BCUT2D eigenvalue weighted by Gasteiger charge is -2.08. The van der Waals surface area contributed by atoms with E-state index in [1.54, 1.807) is 36.4 Å². The van der Waals surface area contributed by atoms with Gasteiger partial charge in [0.15, 0.2) is 0 Å². The minimum Gasteiger partial charge on any atom is -0.355 e. The number of carbonyl (C=O) groups excluding carboxylic acids is 2. The van der Waals surface area contributed by atoms with Gasteiger partial charge in [0.2, 0.25) is 11.8 Å². The number of benzene rings is 2. The molecule has 0 saturated heterocycles. The van der Waals surface area contributed by atoms with Crippen LogP contribution < -0.4 is 10.6 Å². The third kappa shape index (κ3) is 5.66. The van der Waals surface area contributed by atoms with Crippen LogP contribution in [0.2, 0.25) is 5.02 Å². The first-order valence-corrected chi connectivity index (χ1v) is 7.94. The summed E-state index contributed by atoms with van der Waals surface area (Å²) in [6.07, 6.45) is 0.0986. The highest BCUT2D eigenvalue weighted by Gasteiger charge is 2.10. The van der Waals surface area contributed by atoms with Crippen molar-refractivity contribution in [2.45, 2.75) is 19.4 Å². The van der Waals surface area contributed by atoms with Crippen LogP contribution in [0.5, 0.6) is 0 Å². The predicted molar refractivity (Wildman–Crippen MR) is 91.0 cm³/mol. The third-order valence-corrected chi connectivity index (χ3v) is 3.80. The third-order valence-electron chi connectivity index (χ3n) is 3.43. The van der Waals surface area contributed by atoms with E-state index in [0.717, 1.165) is 5.56 Å². The SMILES string of the molecule is O=C(CC(=O)NCc1ccccc1Cl)NCCc1ccccc1F. The molecule has 2 amide bonds. The second-order valence-electron chi connectivity index (χ2n) is 5.24. The Morgan fingerprint density at radius 1 is 0.917 bits per heavy atom. The highest BCUT2D eigenvalue weighted by Crippen LogP contribution is 2.14. The quantitative estimate of drug-likeness (QED) is 0.756. The Bertz CT molecular complexity index is 722. The average Bonchev–Trinajstić information content (AvgIpc) is 2.56. The molecule has 2 rings (SSSR count). The van der Waals surface area contributed by atoms with Gasteiger partial charge in [-0.05, 0) is 29.7 Å². The van der Waals surface area contributed by atoms with Crippen molar-refractivity contribution in [3.63, 3.8) is 0 Å². The van der Waals surface area contributed by atoms with Crippen molar-refractivity contribution in [3.8, 4) is 0 Å². The number of halogens is 2. The van der Waals surface area contributed by atoms with Gasteiger partial charge >= 0.3 is 0 Å². The molecular weight excluding hydrogens is 331 g/mol. The second-order valence-corrected chi connectivity index (χ2v) is 5.64. The maximum absolute atomic E-state index is 13.4. The zero-order valence-electron chi connectivity index (χ0n) is 13.0. The molecule has 0 saturated carbocycles. The van der Waals surface area contributed by atoms with Gasteiger partial charge in [-0.25, -0.2) is 4.39 Å². The first kappa shape index (κ1) is 17.9. The van der Waals surface area contributed by atoms with E-state index in [9.17, 15) is 14.0 Å². The van der Waals surface area contributed by atoms with Gasteiger partial charge in [0.25, 0.3) is 0 Å². The topological polar surface area (TPSA) is 58.2 Å². The molecule has 0 fully saturated rings. The monoisotopic (exact) mass is 348 g/mol. The van der Waals surface area contributed by atoms with Crippen LogP contribution in [0.4, 0.5) is 4.39 Å². The van der Waals surface area contributed by atoms with Crippen molar-refractivity contribution < 1.29 is 14.0 Å². The summed E-state index contributed by atoms with van der Waals surface area (Å²) in [6.45, 7) is 0.540. The molecule has 24 heavy (non-hydrogen) atoms. The number of rotatable bonds is 7. The van der Waals surface area contributed by atoms with E-state index in [0.29, 0.717) is 17.0 Å². The first-order chi connectivity index (χ1) is 11.6. The molecular formula is C18H18ClFN2O2. The second kappa shape index (κ2) is 9.03. The van der Waals surface area contributed by atoms with Gasteiger partial charge in [0.05, 0.1) is 0 Å². The molecule has 0 aliphatic carbocycles. The lowest BCUT2D eigenvalue weighted by atomic mass is 10.1. The molecule has 0 heterocycles. The number of amides is 2. The van der Waals surface area contributed by atoms with Crippen LogP contribution in [-0.4, -0.2) is 18.4 Å². The fourth-order valence-electron chi connectivity index (χ4n) is 2.14. The Labute approximate surface area is 145 Å². The van der Waals surface area contributed by atoms with Crippen LogP contribution in [0.1, 0.15) is 17.5 Å². The van der Waals surface area contributed by atoms with Crippen LogP contribution in [0.15, 0.2) is 48.5 Å². The molecule has 2 aromatic rings. The minimum absolute atomic E-state index is 0.265. The Kier molecular flexibility index (Phi) is 6.75. The van der Waals surface area contributed by atoms with Crippen molar-refractivity contribution in [1.82, 2.24) is 10.6 Å². The van der Waals surface area contributed by atoms with Crippen LogP contribution >= 0.6 is 11.6 Å². The van der Waals surface area contributed by atoms with E-state index >= 15 is 0 Å². The largest absolute Gasteiger partial charge is 0.355 e. The van der Waals surface area contributed by atoms with Gasteiger partial charge in [-0.2, -0.15) is 0 Å². The van der Waals surface area contributed by atoms with Crippen LogP contribution in [0.25, 0.3) is 0 Å². The Hall–Kier alpha value is -2.40. The van der Waals surface area contributed by atoms with Crippen LogP contribution in [0, 0.1) is 5.82 Å². The normalized spacial score (nSPS) is 10.2. The molecule has 0 aromatic heterocycles. The fourth-order valence-corrected chi connectivity index (χ4v) is 2.35. The van der Waals surface area contributed by atoms with E-state index in [4.69, 9.17) is 11.6 Å². The van der Waals surface area contributed by atoms with E-state index in [2.05, 4.69) is 10.6 Å². The summed E-state index contributed by atoms with van der Waals surface area (Å²) in [5.74, 6) is -1.09. The van der Waals surface area contributed by atoms with Crippen molar-refractivity contribution >= 4 is 23.4 Å². The van der Waals surface area contributed by atoms with E-state index < -0.39 is 11.8 Å². The standard InChI is InChI=1S/C18H18ClFN2O2/c19-15-7-3-1-6-14(15)12-22-18(24)11-17(23)21-10-9-13-5-2-4-8-16(13)20/h1-8H,9-12H2,(H,21,23)(H,22,24). The molecule has 0 unspecified atom stereocenters. The highest BCUT2D eigenvalue weighted by atomic mass is 35.5. The van der Waals surface area contributed by atoms with Gasteiger partial charge in [-0.3, -0.25) is 9.59 Å². The van der Waals surface area contributed by atoms with Gasteiger partial charge in [0, 0.05) is 18.1 Å². The molecule has 0 aliphatic rings. The molecule has 0 aliphatic heterocycles. The van der Waals surface area contributed by atoms with Crippen molar-refractivity contribution in [2.24, 2.45) is 0 Å². The van der Waals surface area contributed by atoms with Crippen LogP contribution in [0.3, 0.4) is 0 Å². The Balaban J connectivity index is 1.69. The van der Waals surface area contributed by atoms with E-state index in [1.807, 2.05) is 6.07 Å². The fraction of sp³-hybridized carbons (Fsp3) is 0.222. The van der Waals surface area contributed by atoms with Gasteiger partial charge < -0.3 is 10.6 Å². The number of carbonyl (C=O) groups is 2. The smallest absolute Gasteiger partial charge is 0.229 e. The molecule has 2 aromatic carbocycles. The zero-order valence-corrected chi connectivity index (χ0v) is 13.8. The number of nitrogens with one attached hydrogen (secondary N) is 2. The van der Waals surface area contributed by atoms with Crippen LogP contribution in [-0.2, 0) is 22.6 Å². The maximum atomic E-state index is 13.4. The number of hydrogen-bond donors (Lipinski definition) is 2. The Morgan fingerprint density at radius 2 is 1.54 bits per heavy atom. The van der Waals surface area contributed by atoms with Crippen molar-refractivity contribution in [2.75, 3.05) is 6.54 Å². The predicted octanol–water partition coefficient (Wildman–Crippen LogP) is 2.84. The zero-order chi connectivity index (χ0) is 17.4. The van der Waals surface area contributed by atoms with Crippen molar-refractivity contribution in [1.29, 1.82) is 0 Å².